The molecular formula is C22H30N4O4. The minimum atomic E-state index is -0.589. The highest BCUT2D eigenvalue weighted by molar-refractivity contribution is 5.85. The normalized spacial score (nSPS) is 14.9. The largest absolute Gasteiger partial charge is 0.444 e. The molecule has 3 heterocycles. The van der Waals surface area contributed by atoms with Crippen LogP contribution in [-0.2, 0) is 15.9 Å². The van der Waals surface area contributed by atoms with Gasteiger partial charge in [-0.25, -0.2) is 14.8 Å². The summed E-state index contributed by atoms with van der Waals surface area (Å²) in [6, 6.07) is 3.82. The number of morpholine rings is 1. The number of aryl methyl sites for hydroxylation is 2. The van der Waals surface area contributed by atoms with E-state index in [0.29, 0.717) is 30.6 Å². The van der Waals surface area contributed by atoms with E-state index in [2.05, 4.69) is 20.2 Å². The van der Waals surface area contributed by atoms with Crippen molar-refractivity contribution in [3.63, 3.8) is 0 Å². The predicted octanol–water partition coefficient (Wildman–Crippen LogP) is 4.29. The summed E-state index contributed by atoms with van der Waals surface area (Å²) in [7, 11) is 0. The van der Waals surface area contributed by atoms with Crippen molar-refractivity contribution in [2.24, 2.45) is 0 Å². The van der Waals surface area contributed by atoms with Gasteiger partial charge in [0, 0.05) is 37.3 Å². The number of carbonyl (C=O) groups excluding carboxylic acids is 1. The number of aromatic nitrogens is 2. The van der Waals surface area contributed by atoms with Crippen molar-refractivity contribution >= 4 is 29.8 Å². The minimum Gasteiger partial charge on any atom is -0.444 e. The monoisotopic (exact) mass is 414 g/mol. The van der Waals surface area contributed by atoms with Gasteiger partial charge in [-0.05, 0) is 39.8 Å². The van der Waals surface area contributed by atoms with Crippen molar-refractivity contribution in [3.05, 3.63) is 35.2 Å². The molecule has 0 unspecified atom stereocenters. The zero-order chi connectivity index (χ0) is 21.7. The molecule has 30 heavy (non-hydrogen) atoms. The number of nitrogens with zero attached hydrogens (tertiary/aromatic N) is 3. The van der Waals surface area contributed by atoms with Crippen LogP contribution < -0.4 is 10.2 Å². The summed E-state index contributed by atoms with van der Waals surface area (Å²) >= 11 is 0. The number of rotatable bonds is 5. The van der Waals surface area contributed by atoms with Crippen molar-refractivity contribution in [2.75, 3.05) is 36.5 Å². The summed E-state index contributed by atoms with van der Waals surface area (Å²) in [6.45, 7) is 12.3. The fourth-order valence-corrected chi connectivity index (χ4v) is 3.11. The van der Waals surface area contributed by atoms with Gasteiger partial charge in [-0.15, -0.1) is 0 Å². The molecule has 0 radical (unpaired) electrons. The number of nitrogens with one attached hydrogen (secondary N) is 1. The number of hydrogen-bond donors (Lipinski definition) is 1. The van der Waals surface area contributed by atoms with Crippen LogP contribution in [0.2, 0.25) is 0 Å². The predicted molar refractivity (Wildman–Crippen MR) is 117 cm³/mol. The van der Waals surface area contributed by atoms with Crippen LogP contribution in [0.3, 0.4) is 0 Å². The highest BCUT2D eigenvalue weighted by atomic mass is 16.6. The van der Waals surface area contributed by atoms with Gasteiger partial charge in [0.05, 0.1) is 24.6 Å². The zero-order valence-electron chi connectivity index (χ0n) is 18.3. The third kappa shape index (κ3) is 6.06. The van der Waals surface area contributed by atoms with Crippen LogP contribution >= 0.6 is 0 Å². The summed E-state index contributed by atoms with van der Waals surface area (Å²) in [5.41, 5.74) is 1.93. The van der Waals surface area contributed by atoms with E-state index < -0.39 is 11.7 Å². The minimum absolute atomic E-state index is 0.422. The second kappa shape index (κ2) is 9.30. The fourth-order valence-electron chi connectivity index (χ4n) is 3.11. The summed E-state index contributed by atoms with van der Waals surface area (Å²) in [6.07, 6.45) is 3.87. The molecule has 3 rings (SSSR count). The SMILES string of the molecule is CCc1oc(/C=C/c2cc(N3CCOCC3)cc(NC(=O)OC(C)(C)C)n2)nc1C. The average Bonchev–Trinajstić information content (AvgIpc) is 3.05. The molecule has 1 N–H and O–H groups in total. The number of anilines is 2. The number of amides is 1. The van der Waals surface area contributed by atoms with E-state index in [1.165, 1.54) is 0 Å². The molecular weight excluding hydrogens is 384 g/mol. The van der Waals surface area contributed by atoms with Gasteiger partial charge in [0.25, 0.3) is 0 Å². The topological polar surface area (TPSA) is 89.7 Å². The molecule has 0 spiro atoms. The molecule has 0 aromatic carbocycles. The number of ether oxygens (including phenoxy) is 2. The Morgan fingerprint density at radius 1 is 1.23 bits per heavy atom. The Labute approximate surface area is 177 Å². The summed E-state index contributed by atoms with van der Waals surface area (Å²) in [5.74, 6) is 1.83. The molecule has 1 saturated heterocycles. The first-order valence-electron chi connectivity index (χ1n) is 10.2. The highest BCUT2D eigenvalue weighted by Crippen LogP contribution is 2.23. The smallest absolute Gasteiger partial charge is 0.413 e. The highest BCUT2D eigenvalue weighted by Gasteiger charge is 2.18. The van der Waals surface area contributed by atoms with Crippen LogP contribution in [0.1, 0.15) is 50.7 Å². The van der Waals surface area contributed by atoms with Crippen LogP contribution in [0.15, 0.2) is 16.5 Å². The Kier molecular flexibility index (Phi) is 6.77. The molecule has 2 aromatic rings. The maximum absolute atomic E-state index is 12.2. The van der Waals surface area contributed by atoms with Crippen molar-refractivity contribution in [1.29, 1.82) is 0 Å². The lowest BCUT2D eigenvalue weighted by atomic mass is 10.2. The van der Waals surface area contributed by atoms with Crippen LogP contribution in [0.4, 0.5) is 16.3 Å². The molecule has 1 fully saturated rings. The van der Waals surface area contributed by atoms with Gasteiger partial charge in [0.2, 0.25) is 5.89 Å². The maximum atomic E-state index is 12.2. The first-order chi connectivity index (χ1) is 14.2. The van der Waals surface area contributed by atoms with Gasteiger partial charge >= 0.3 is 6.09 Å². The van der Waals surface area contributed by atoms with Gasteiger partial charge in [0.15, 0.2) is 0 Å². The molecule has 1 aliphatic heterocycles. The van der Waals surface area contributed by atoms with Crippen molar-refractivity contribution in [3.8, 4) is 0 Å². The third-order valence-corrected chi connectivity index (χ3v) is 4.46. The average molecular weight is 415 g/mol. The lowest BCUT2D eigenvalue weighted by molar-refractivity contribution is 0.0635. The Hall–Kier alpha value is -2.87. The second-order valence-electron chi connectivity index (χ2n) is 8.11. The second-order valence-corrected chi connectivity index (χ2v) is 8.11. The molecule has 0 saturated carbocycles. The van der Waals surface area contributed by atoms with Crippen molar-refractivity contribution in [1.82, 2.24) is 9.97 Å². The van der Waals surface area contributed by atoms with Crippen molar-refractivity contribution in [2.45, 2.75) is 46.6 Å². The van der Waals surface area contributed by atoms with E-state index in [0.717, 1.165) is 36.7 Å². The van der Waals surface area contributed by atoms with Crippen LogP contribution in [0, 0.1) is 6.92 Å². The zero-order valence-corrected chi connectivity index (χ0v) is 18.3. The summed E-state index contributed by atoms with van der Waals surface area (Å²) in [4.78, 5) is 23.4. The van der Waals surface area contributed by atoms with Gasteiger partial charge in [-0.1, -0.05) is 6.92 Å². The van der Waals surface area contributed by atoms with Gasteiger partial charge in [0.1, 0.15) is 17.2 Å². The van der Waals surface area contributed by atoms with E-state index in [1.807, 2.05) is 52.8 Å². The third-order valence-electron chi connectivity index (χ3n) is 4.46. The summed E-state index contributed by atoms with van der Waals surface area (Å²) < 4.78 is 16.5. The molecule has 1 amide bonds. The standard InChI is InChI=1S/C22H30N4O4/c1-6-18-15(2)23-20(29-18)8-7-16-13-17(26-9-11-28-12-10-26)14-19(24-16)25-21(27)30-22(3,4)5/h7-8,13-14H,6,9-12H2,1-5H3,(H,24,25,27)/b8-7+. The molecule has 0 atom stereocenters. The van der Waals surface area contributed by atoms with E-state index >= 15 is 0 Å². The molecule has 1 aliphatic rings. The first-order valence-corrected chi connectivity index (χ1v) is 10.2. The quantitative estimate of drug-likeness (QED) is 0.780. The number of pyridine rings is 1. The van der Waals surface area contributed by atoms with Crippen LogP contribution in [0.5, 0.6) is 0 Å². The maximum Gasteiger partial charge on any atom is 0.413 e. The van der Waals surface area contributed by atoms with Crippen LogP contribution in [-0.4, -0.2) is 48.0 Å². The molecule has 0 aliphatic carbocycles. The Balaban J connectivity index is 1.86. The van der Waals surface area contributed by atoms with Gasteiger partial charge < -0.3 is 18.8 Å². The van der Waals surface area contributed by atoms with Gasteiger partial charge in [-0.2, -0.15) is 0 Å². The molecule has 2 aromatic heterocycles. The fraction of sp³-hybridized carbons (Fsp3) is 0.500. The Morgan fingerprint density at radius 2 is 1.97 bits per heavy atom. The summed E-state index contributed by atoms with van der Waals surface area (Å²) in [5, 5.41) is 2.74. The van der Waals surface area contributed by atoms with E-state index in [4.69, 9.17) is 13.9 Å². The first kappa shape index (κ1) is 21.8. The Bertz CT molecular complexity index is 908. The van der Waals surface area contributed by atoms with Crippen LogP contribution in [0.25, 0.3) is 12.2 Å². The van der Waals surface area contributed by atoms with E-state index in [9.17, 15) is 4.79 Å². The Morgan fingerprint density at radius 3 is 2.60 bits per heavy atom. The lowest BCUT2D eigenvalue weighted by Gasteiger charge is -2.29. The molecule has 8 heteroatoms. The molecule has 8 nitrogen and oxygen atoms in total. The van der Waals surface area contributed by atoms with Gasteiger partial charge in [-0.3, -0.25) is 5.32 Å². The van der Waals surface area contributed by atoms with E-state index in [-0.39, 0.29) is 0 Å². The van der Waals surface area contributed by atoms with E-state index in [1.54, 1.807) is 6.08 Å². The number of hydrogen-bond acceptors (Lipinski definition) is 7. The molecule has 0 bridgehead atoms. The lowest BCUT2D eigenvalue weighted by Crippen LogP contribution is -2.36. The number of oxazole rings is 1. The molecule has 162 valence electrons. The van der Waals surface area contributed by atoms with Crippen molar-refractivity contribution < 1.29 is 18.7 Å². The number of carbonyl (C=O) groups is 1.